The SMILES string of the molecule is Cc1cccc(C)c1NC(=O)CNC(=O)C[NH+](Cc1ccco1)Cc1ccco1. The number of hydrogen-bond acceptors (Lipinski definition) is 4. The highest BCUT2D eigenvalue weighted by atomic mass is 16.3. The summed E-state index contributed by atoms with van der Waals surface area (Å²) in [6.45, 7) is 5.06. The Morgan fingerprint density at radius 3 is 1.97 bits per heavy atom. The van der Waals surface area contributed by atoms with Crippen LogP contribution in [0.5, 0.6) is 0 Å². The molecule has 2 amide bonds. The number of carbonyl (C=O) groups excluding carboxylic acids is 2. The zero-order chi connectivity index (χ0) is 20.6. The van der Waals surface area contributed by atoms with Crippen molar-refractivity contribution in [2.75, 3.05) is 18.4 Å². The van der Waals surface area contributed by atoms with E-state index >= 15 is 0 Å². The molecule has 0 atom stereocenters. The summed E-state index contributed by atoms with van der Waals surface area (Å²) in [7, 11) is 0. The van der Waals surface area contributed by atoms with Crippen molar-refractivity contribution >= 4 is 17.5 Å². The number of aryl methyl sites for hydroxylation is 2. The summed E-state index contributed by atoms with van der Waals surface area (Å²) in [5, 5.41) is 5.57. The van der Waals surface area contributed by atoms with Gasteiger partial charge in [0, 0.05) is 5.69 Å². The van der Waals surface area contributed by atoms with Crippen LogP contribution in [0, 0.1) is 13.8 Å². The predicted molar refractivity (Wildman–Crippen MR) is 108 cm³/mol. The van der Waals surface area contributed by atoms with Crippen molar-refractivity contribution in [1.82, 2.24) is 5.32 Å². The predicted octanol–water partition coefficient (Wildman–Crippen LogP) is 1.83. The van der Waals surface area contributed by atoms with E-state index in [9.17, 15) is 9.59 Å². The molecule has 0 aliphatic rings. The first-order chi connectivity index (χ1) is 14.0. The Morgan fingerprint density at radius 1 is 0.862 bits per heavy atom. The molecule has 0 radical (unpaired) electrons. The molecule has 0 spiro atoms. The summed E-state index contributed by atoms with van der Waals surface area (Å²) in [6, 6.07) is 13.2. The van der Waals surface area contributed by atoms with Gasteiger partial charge in [0.15, 0.2) is 18.1 Å². The summed E-state index contributed by atoms with van der Waals surface area (Å²) >= 11 is 0. The van der Waals surface area contributed by atoms with Crippen LogP contribution in [-0.2, 0) is 22.7 Å². The molecule has 2 heterocycles. The van der Waals surface area contributed by atoms with Crippen molar-refractivity contribution < 1.29 is 23.3 Å². The average molecular weight is 396 g/mol. The van der Waals surface area contributed by atoms with Crippen molar-refractivity contribution in [1.29, 1.82) is 0 Å². The van der Waals surface area contributed by atoms with Gasteiger partial charge in [-0.05, 0) is 49.2 Å². The first-order valence-corrected chi connectivity index (χ1v) is 9.52. The number of rotatable bonds is 9. The Balaban J connectivity index is 1.53. The molecule has 7 heteroatoms. The summed E-state index contributed by atoms with van der Waals surface area (Å²) in [4.78, 5) is 25.6. The molecule has 0 saturated heterocycles. The second kappa shape index (κ2) is 9.75. The maximum absolute atomic E-state index is 12.4. The summed E-state index contributed by atoms with van der Waals surface area (Å²) in [6.07, 6.45) is 3.22. The van der Waals surface area contributed by atoms with E-state index in [1.165, 1.54) is 0 Å². The molecular formula is C22H26N3O4+. The van der Waals surface area contributed by atoms with Gasteiger partial charge in [-0.25, -0.2) is 0 Å². The van der Waals surface area contributed by atoms with Crippen molar-refractivity contribution in [3.8, 4) is 0 Å². The first-order valence-electron chi connectivity index (χ1n) is 9.52. The van der Waals surface area contributed by atoms with Gasteiger partial charge in [0.2, 0.25) is 5.91 Å². The first kappa shape index (κ1) is 20.4. The Bertz CT molecular complexity index is 877. The number of para-hydroxylation sites is 1. The quantitative estimate of drug-likeness (QED) is 0.515. The summed E-state index contributed by atoms with van der Waals surface area (Å²) in [5.41, 5.74) is 2.75. The highest BCUT2D eigenvalue weighted by molar-refractivity contribution is 5.95. The normalized spacial score (nSPS) is 10.9. The van der Waals surface area contributed by atoms with Gasteiger partial charge in [-0.15, -0.1) is 0 Å². The molecule has 152 valence electrons. The Kier molecular flexibility index (Phi) is 6.86. The molecule has 0 saturated carbocycles. The molecule has 29 heavy (non-hydrogen) atoms. The number of quaternary nitrogens is 1. The van der Waals surface area contributed by atoms with Crippen LogP contribution in [0.4, 0.5) is 5.69 Å². The molecule has 7 nitrogen and oxygen atoms in total. The topological polar surface area (TPSA) is 88.9 Å². The zero-order valence-corrected chi connectivity index (χ0v) is 16.7. The smallest absolute Gasteiger partial charge is 0.275 e. The molecule has 3 aromatic rings. The van der Waals surface area contributed by atoms with E-state index in [2.05, 4.69) is 10.6 Å². The number of nitrogens with one attached hydrogen (secondary N) is 3. The molecule has 2 aromatic heterocycles. The van der Waals surface area contributed by atoms with Crippen LogP contribution in [0.3, 0.4) is 0 Å². The second-order valence-corrected chi connectivity index (χ2v) is 7.03. The fourth-order valence-electron chi connectivity index (χ4n) is 3.17. The molecule has 0 bridgehead atoms. The van der Waals surface area contributed by atoms with Gasteiger partial charge in [0.05, 0.1) is 19.1 Å². The Morgan fingerprint density at radius 2 is 1.45 bits per heavy atom. The lowest BCUT2D eigenvalue weighted by molar-refractivity contribution is -0.921. The minimum absolute atomic E-state index is 0.0820. The molecule has 0 unspecified atom stereocenters. The fourth-order valence-corrected chi connectivity index (χ4v) is 3.17. The van der Waals surface area contributed by atoms with Crippen molar-refractivity contribution in [3.63, 3.8) is 0 Å². The van der Waals surface area contributed by atoms with Crippen LogP contribution in [0.2, 0.25) is 0 Å². The van der Waals surface area contributed by atoms with Gasteiger partial charge >= 0.3 is 0 Å². The minimum atomic E-state index is -0.255. The third-order valence-electron chi connectivity index (χ3n) is 4.61. The van der Waals surface area contributed by atoms with Crippen molar-refractivity contribution in [3.05, 3.63) is 77.6 Å². The van der Waals surface area contributed by atoms with Crippen LogP contribution in [0.1, 0.15) is 22.6 Å². The molecule has 0 fully saturated rings. The maximum atomic E-state index is 12.4. The van der Waals surface area contributed by atoms with E-state index in [0.29, 0.717) is 13.1 Å². The van der Waals surface area contributed by atoms with Crippen LogP contribution in [-0.4, -0.2) is 24.9 Å². The number of furan rings is 2. The number of benzene rings is 1. The van der Waals surface area contributed by atoms with E-state index in [4.69, 9.17) is 8.83 Å². The summed E-state index contributed by atoms with van der Waals surface area (Å²) in [5.74, 6) is 1.10. The van der Waals surface area contributed by atoms with E-state index in [-0.39, 0.29) is 24.9 Å². The maximum Gasteiger partial charge on any atom is 0.275 e. The van der Waals surface area contributed by atoms with Gasteiger partial charge in [0.1, 0.15) is 13.1 Å². The second-order valence-electron chi connectivity index (χ2n) is 7.03. The Labute approximate surface area is 169 Å². The van der Waals surface area contributed by atoms with Gasteiger partial charge < -0.3 is 24.4 Å². The lowest BCUT2D eigenvalue weighted by Crippen LogP contribution is -3.10. The van der Waals surface area contributed by atoms with Gasteiger partial charge in [-0.1, -0.05) is 18.2 Å². The van der Waals surface area contributed by atoms with Crippen LogP contribution >= 0.6 is 0 Å². The van der Waals surface area contributed by atoms with Crippen LogP contribution in [0.15, 0.2) is 63.8 Å². The highest BCUT2D eigenvalue weighted by Crippen LogP contribution is 2.18. The molecular weight excluding hydrogens is 370 g/mol. The standard InChI is InChI=1S/C22H25N3O4/c1-16-6-3-7-17(2)22(16)24-20(26)12-23-21(27)15-25(13-18-8-4-10-28-18)14-19-9-5-11-29-19/h3-11H,12-15H2,1-2H3,(H,23,27)(H,24,26)/p+1. The minimum Gasteiger partial charge on any atom is -0.463 e. The third kappa shape index (κ3) is 6.08. The van der Waals surface area contributed by atoms with Crippen molar-refractivity contribution in [2.45, 2.75) is 26.9 Å². The van der Waals surface area contributed by atoms with Crippen LogP contribution in [0.25, 0.3) is 0 Å². The van der Waals surface area contributed by atoms with Crippen LogP contribution < -0.4 is 15.5 Å². The van der Waals surface area contributed by atoms with Gasteiger partial charge in [0.25, 0.3) is 5.91 Å². The molecule has 3 rings (SSSR count). The monoisotopic (exact) mass is 396 g/mol. The number of carbonyl (C=O) groups is 2. The third-order valence-corrected chi connectivity index (χ3v) is 4.61. The van der Waals surface area contributed by atoms with E-state index in [1.54, 1.807) is 12.5 Å². The molecule has 3 N–H and O–H groups in total. The number of anilines is 1. The largest absolute Gasteiger partial charge is 0.463 e. The fraction of sp³-hybridized carbons (Fsp3) is 0.273. The van der Waals surface area contributed by atoms with E-state index in [1.807, 2.05) is 56.3 Å². The zero-order valence-electron chi connectivity index (χ0n) is 16.7. The molecule has 0 aliphatic carbocycles. The number of amides is 2. The van der Waals surface area contributed by atoms with E-state index in [0.717, 1.165) is 33.2 Å². The van der Waals surface area contributed by atoms with Gasteiger partial charge in [-0.3, -0.25) is 9.59 Å². The summed E-state index contributed by atoms with van der Waals surface area (Å²) < 4.78 is 10.8. The lowest BCUT2D eigenvalue weighted by Gasteiger charge is -2.17. The Hall–Kier alpha value is -3.32. The van der Waals surface area contributed by atoms with E-state index < -0.39 is 0 Å². The molecule has 1 aromatic carbocycles. The van der Waals surface area contributed by atoms with Gasteiger partial charge in [-0.2, -0.15) is 0 Å². The lowest BCUT2D eigenvalue weighted by atomic mass is 10.1. The molecule has 0 aliphatic heterocycles. The number of hydrogen-bond donors (Lipinski definition) is 3. The van der Waals surface area contributed by atoms with Crippen molar-refractivity contribution in [2.24, 2.45) is 0 Å². The highest BCUT2D eigenvalue weighted by Gasteiger charge is 2.19. The average Bonchev–Trinajstić information content (AvgIpc) is 3.37.